The van der Waals surface area contributed by atoms with Crippen LogP contribution in [0.25, 0.3) is 0 Å². The van der Waals surface area contributed by atoms with Crippen LogP contribution in [0.2, 0.25) is 0 Å². The molecule has 0 saturated carbocycles. The molecule has 0 amide bonds. The molecule has 4 heteroatoms. The molecule has 0 bridgehead atoms. The number of hydrogen-bond donors (Lipinski definition) is 1. The number of thioether (sulfide) groups is 1. The maximum Gasteiger partial charge on any atom is 0.157 e. The van der Waals surface area contributed by atoms with Crippen LogP contribution in [-0.4, -0.2) is 12.2 Å². The fourth-order valence-corrected chi connectivity index (χ4v) is 1.48. The van der Waals surface area contributed by atoms with Gasteiger partial charge in [-0.2, -0.15) is 0 Å². The first-order valence-electron chi connectivity index (χ1n) is 4.20. The van der Waals surface area contributed by atoms with E-state index in [0.29, 0.717) is 5.56 Å². The number of carbonyl (C=O) groups is 1. The Morgan fingerprint density at radius 1 is 1.43 bits per heavy atom. The Hall–Kier alpha value is -1.00. The van der Waals surface area contributed by atoms with Gasteiger partial charge in [0.25, 0.3) is 0 Å². The monoisotopic (exact) mass is 211 g/mol. The average Bonchev–Trinajstić information content (AvgIpc) is 2.17. The van der Waals surface area contributed by atoms with Crippen molar-refractivity contribution in [1.29, 1.82) is 0 Å². The van der Waals surface area contributed by atoms with Gasteiger partial charge in [-0.05, 0) is 18.4 Å². The first-order valence-corrected chi connectivity index (χ1v) is 5.42. The Balaban J connectivity index is 3.02. The van der Waals surface area contributed by atoms with E-state index in [1.54, 1.807) is 23.9 Å². The smallest absolute Gasteiger partial charge is 0.157 e. The lowest BCUT2D eigenvalue weighted by Gasteiger charge is -2.22. The van der Waals surface area contributed by atoms with Crippen molar-refractivity contribution in [2.75, 3.05) is 6.26 Å². The highest BCUT2D eigenvalue weighted by atomic mass is 32.2. The van der Waals surface area contributed by atoms with Gasteiger partial charge in [-0.15, -0.1) is 11.8 Å². The zero-order valence-electron chi connectivity index (χ0n) is 8.24. The highest BCUT2D eigenvalue weighted by Gasteiger charge is 2.26. The molecule has 14 heavy (non-hydrogen) atoms. The van der Waals surface area contributed by atoms with Gasteiger partial charge in [0, 0.05) is 17.4 Å². The van der Waals surface area contributed by atoms with Crippen molar-refractivity contribution in [3.8, 4) is 0 Å². The second-order valence-electron chi connectivity index (χ2n) is 3.35. The summed E-state index contributed by atoms with van der Waals surface area (Å²) in [5.41, 5.74) is 3.12. The van der Waals surface area contributed by atoms with Crippen LogP contribution in [-0.2, 0) is 10.3 Å². The first-order chi connectivity index (χ1) is 6.48. The molecule has 76 valence electrons. The summed E-state index contributed by atoms with van der Waals surface area (Å²) < 4.78 is 0. The number of carboxylic acids is 1. The van der Waals surface area contributed by atoms with E-state index in [1.807, 2.05) is 18.4 Å². The SMILES string of the molecule is CSc1ccc([C@@](C)([NH3+])C(=O)[O-])cc1. The van der Waals surface area contributed by atoms with Crippen LogP contribution in [0.3, 0.4) is 0 Å². The molecule has 0 aliphatic heterocycles. The van der Waals surface area contributed by atoms with Crippen molar-refractivity contribution in [2.24, 2.45) is 0 Å². The summed E-state index contributed by atoms with van der Waals surface area (Å²) in [6, 6.07) is 7.31. The third-order valence-electron chi connectivity index (χ3n) is 2.18. The molecule has 0 aromatic heterocycles. The van der Waals surface area contributed by atoms with E-state index in [-0.39, 0.29) is 0 Å². The molecule has 0 saturated heterocycles. The molecule has 1 aromatic rings. The number of carbonyl (C=O) groups excluding carboxylic acids is 1. The maximum absolute atomic E-state index is 10.8. The van der Waals surface area contributed by atoms with E-state index in [2.05, 4.69) is 5.73 Å². The lowest BCUT2D eigenvalue weighted by molar-refractivity contribution is -0.489. The molecule has 0 heterocycles. The Kier molecular flexibility index (Phi) is 3.18. The Labute approximate surface area is 87.3 Å². The van der Waals surface area contributed by atoms with Gasteiger partial charge < -0.3 is 15.6 Å². The zero-order chi connectivity index (χ0) is 10.8. The second-order valence-corrected chi connectivity index (χ2v) is 4.23. The summed E-state index contributed by atoms with van der Waals surface area (Å²) in [5, 5.41) is 10.8. The second kappa shape index (κ2) is 4.02. The molecule has 0 aliphatic rings. The van der Waals surface area contributed by atoms with Crippen molar-refractivity contribution >= 4 is 17.7 Å². The van der Waals surface area contributed by atoms with E-state index in [1.165, 1.54) is 6.92 Å². The third-order valence-corrected chi connectivity index (χ3v) is 2.92. The Bertz CT molecular complexity index is 332. The van der Waals surface area contributed by atoms with Crippen LogP contribution < -0.4 is 10.8 Å². The molecule has 0 radical (unpaired) electrons. The molecular formula is C10H13NO2S. The standard InChI is InChI=1S/C10H13NO2S/c1-10(11,9(12)13)7-3-5-8(14-2)6-4-7/h3-6H,11H2,1-2H3,(H,12,13)/t10-/m1/s1. The molecule has 0 unspecified atom stereocenters. The Morgan fingerprint density at radius 3 is 2.29 bits per heavy atom. The molecule has 0 spiro atoms. The van der Waals surface area contributed by atoms with Crippen LogP contribution in [0, 0.1) is 0 Å². The van der Waals surface area contributed by atoms with Gasteiger partial charge in [0.1, 0.15) is 5.97 Å². The van der Waals surface area contributed by atoms with Crippen molar-refractivity contribution in [3.63, 3.8) is 0 Å². The minimum Gasteiger partial charge on any atom is -0.543 e. The summed E-state index contributed by atoms with van der Waals surface area (Å²) in [4.78, 5) is 11.9. The molecule has 0 fully saturated rings. The van der Waals surface area contributed by atoms with Crippen molar-refractivity contribution in [1.82, 2.24) is 0 Å². The minimum absolute atomic E-state index is 0.662. The van der Waals surface area contributed by atoms with Gasteiger partial charge in [-0.1, -0.05) is 12.1 Å². The highest BCUT2D eigenvalue weighted by molar-refractivity contribution is 7.98. The van der Waals surface area contributed by atoms with Crippen molar-refractivity contribution in [2.45, 2.75) is 17.4 Å². The molecule has 1 atom stereocenters. The molecule has 3 nitrogen and oxygen atoms in total. The van der Waals surface area contributed by atoms with E-state index in [4.69, 9.17) is 0 Å². The lowest BCUT2D eigenvalue weighted by atomic mass is 9.94. The number of hydrogen-bond acceptors (Lipinski definition) is 3. The zero-order valence-corrected chi connectivity index (χ0v) is 9.06. The average molecular weight is 211 g/mol. The van der Waals surface area contributed by atoms with E-state index >= 15 is 0 Å². The van der Waals surface area contributed by atoms with Crippen LogP contribution in [0.5, 0.6) is 0 Å². The summed E-state index contributed by atoms with van der Waals surface area (Å²) in [5.74, 6) is -1.16. The molecular weight excluding hydrogens is 198 g/mol. The summed E-state index contributed by atoms with van der Waals surface area (Å²) in [6.07, 6.45) is 1.97. The van der Waals surface area contributed by atoms with E-state index in [0.717, 1.165) is 4.90 Å². The predicted molar refractivity (Wildman–Crippen MR) is 53.5 cm³/mol. The number of benzene rings is 1. The topological polar surface area (TPSA) is 67.8 Å². The van der Waals surface area contributed by atoms with E-state index < -0.39 is 11.5 Å². The normalized spacial score (nSPS) is 14.8. The van der Waals surface area contributed by atoms with Crippen molar-refractivity contribution in [3.05, 3.63) is 29.8 Å². The maximum atomic E-state index is 10.8. The van der Waals surface area contributed by atoms with Gasteiger partial charge in [-0.25, -0.2) is 0 Å². The number of quaternary nitrogens is 1. The first kappa shape index (κ1) is 11.1. The number of rotatable bonds is 3. The van der Waals surface area contributed by atoms with Crippen LogP contribution in [0.4, 0.5) is 0 Å². The van der Waals surface area contributed by atoms with Gasteiger partial charge in [-0.3, -0.25) is 0 Å². The van der Waals surface area contributed by atoms with Gasteiger partial charge in [0.15, 0.2) is 5.54 Å². The molecule has 1 aromatic carbocycles. The van der Waals surface area contributed by atoms with Gasteiger partial charge >= 0.3 is 0 Å². The summed E-state index contributed by atoms with van der Waals surface area (Å²) in [6.45, 7) is 1.54. The fraction of sp³-hybridized carbons (Fsp3) is 0.300. The Morgan fingerprint density at radius 2 is 1.93 bits per heavy atom. The molecule has 0 aliphatic carbocycles. The van der Waals surface area contributed by atoms with Crippen LogP contribution in [0.1, 0.15) is 12.5 Å². The van der Waals surface area contributed by atoms with Gasteiger partial charge in [0.05, 0.1) is 0 Å². The van der Waals surface area contributed by atoms with E-state index in [9.17, 15) is 9.90 Å². The predicted octanol–water partition coefficient (Wildman–Crippen LogP) is -0.385. The minimum atomic E-state index is -1.17. The third kappa shape index (κ3) is 2.08. The number of aliphatic carboxylic acids is 1. The number of carboxylic acid groups (broad SMARTS) is 1. The summed E-state index contributed by atoms with van der Waals surface area (Å²) >= 11 is 1.61. The highest BCUT2D eigenvalue weighted by Crippen LogP contribution is 2.20. The lowest BCUT2D eigenvalue weighted by Crippen LogP contribution is -2.75. The van der Waals surface area contributed by atoms with Crippen LogP contribution in [0.15, 0.2) is 29.2 Å². The summed E-state index contributed by atoms with van der Waals surface area (Å²) in [7, 11) is 0. The van der Waals surface area contributed by atoms with Crippen molar-refractivity contribution < 1.29 is 15.6 Å². The quantitative estimate of drug-likeness (QED) is 0.693. The van der Waals surface area contributed by atoms with Crippen LogP contribution >= 0.6 is 11.8 Å². The largest absolute Gasteiger partial charge is 0.543 e. The molecule has 3 N–H and O–H groups in total. The van der Waals surface area contributed by atoms with Gasteiger partial charge in [0.2, 0.25) is 0 Å². The fourth-order valence-electron chi connectivity index (χ4n) is 1.08. The molecule has 1 rings (SSSR count).